The van der Waals surface area contributed by atoms with Gasteiger partial charge in [-0.15, -0.1) is 0 Å². The SMILES string of the molecule is c1ccc(-n2c3ccccc3c3nc4c5ncccc5n(-c5cc6ccccc6cn5)c4cc32)cc1. The van der Waals surface area contributed by atoms with Crippen molar-refractivity contribution in [3.63, 3.8) is 0 Å². The van der Waals surface area contributed by atoms with Crippen LogP contribution in [0.4, 0.5) is 0 Å². The van der Waals surface area contributed by atoms with Gasteiger partial charge in [0.05, 0.1) is 27.6 Å². The molecule has 0 aliphatic heterocycles. The lowest BCUT2D eigenvalue weighted by Crippen LogP contribution is -1.98. The maximum Gasteiger partial charge on any atom is 0.138 e. The zero-order chi connectivity index (χ0) is 23.6. The van der Waals surface area contributed by atoms with E-state index in [-0.39, 0.29) is 0 Å². The highest BCUT2D eigenvalue weighted by Gasteiger charge is 2.20. The summed E-state index contributed by atoms with van der Waals surface area (Å²) in [6.07, 6.45) is 3.77. The summed E-state index contributed by atoms with van der Waals surface area (Å²) in [6, 6.07) is 35.7. The summed E-state index contributed by atoms with van der Waals surface area (Å²) in [4.78, 5) is 14.9. The summed E-state index contributed by atoms with van der Waals surface area (Å²) < 4.78 is 4.48. The molecule has 0 aliphatic rings. The summed E-state index contributed by atoms with van der Waals surface area (Å²) in [5.41, 5.74) is 7.99. The lowest BCUT2D eigenvalue weighted by Gasteiger charge is -2.09. The fraction of sp³-hybridized carbons (Fsp3) is 0. The zero-order valence-electron chi connectivity index (χ0n) is 19.2. The molecule has 0 aliphatic carbocycles. The normalized spacial score (nSPS) is 11.9. The molecule has 36 heavy (non-hydrogen) atoms. The number of rotatable bonds is 2. The van der Waals surface area contributed by atoms with E-state index in [2.05, 4.69) is 94.1 Å². The Morgan fingerprint density at radius 2 is 1.25 bits per heavy atom. The van der Waals surface area contributed by atoms with Crippen molar-refractivity contribution in [2.75, 3.05) is 0 Å². The van der Waals surface area contributed by atoms with Gasteiger partial charge in [0, 0.05) is 28.9 Å². The summed E-state index contributed by atoms with van der Waals surface area (Å²) in [5, 5.41) is 3.39. The van der Waals surface area contributed by atoms with Gasteiger partial charge in [0.2, 0.25) is 0 Å². The van der Waals surface area contributed by atoms with Crippen molar-refractivity contribution in [3.8, 4) is 11.5 Å². The Morgan fingerprint density at radius 1 is 0.500 bits per heavy atom. The molecule has 5 aromatic heterocycles. The fourth-order valence-electron chi connectivity index (χ4n) is 5.39. The molecule has 5 nitrogen and oxygen atoms in total. The first-order chi connectivity index (χ1) is 17.9. The van der Waals surface area contributed by atoms with Crippen molar-refractivity contribution in [2.45, 2.75) is 0 Å². The Labute approximate surface area is 205 Å². The third-order valence-corrected chi connectivity index (χ3v) is 6.98. The molecule has 0 saturated heterocycles. The number of nitrogens with zero attached hydrogens (tertiary/aromatic N) is 5. The Hall–Kier alpha value is -5.03. The predicted molar refractivity (Wildman–Crippen MR) is 146 cm³/mol. The highest BCUT2D eigenvalue weighted by Crippen LogP contribution is 2.36. The molecule has 0 amide bonds. The second-order valence-electron chi connectivity index (χ2n) is 9.01. The van der Waals surface area contributed by atoms with E-state index in [4.69, 9.17) is 15.0 Å². The van der Waals surface area contributed by atoms with Crippen molar-refractivity contribution in [1.82, 2.24) is 24.1 Å². The maximum atomic E-state index is 5.26. The van der Waals surface area contributed by atoms with E-state index in [9.17, 15) is 0 Å². The van der Waals surface area contributed by atoms with Crippen molar-refractivity contribution in [3.05, 3.63) is 116 Å². The number of hydrogen-bond acceptors (Lipinski definition) is 3. The van der Waals surface area contributed by atoms with E-state index in [1.807, 2.05) is 30.6 Å². The standard InChI is InChI=1S/C31H19N5/c1-2-11-22(12-3-1)35-24-14-7-6-13-23(24)29-26(35)18-27-31(34-29)30-25(15-8-16-32-30)36(27)28-17-20-9-4-5-10-21(20)19-33-28/h1-19H. The molecule has 0 atom stereocenters. The molecular weight excluding hydrogens is 442 g/mol. The minimum atomic E-state index is 0.852. The van der Waals surface area contributed by atoms with Gasteiger partial charge in [0.15, 0.2) is 0 Å². The van der Waals surface area contributed by atoms with Crippen LogP contribution in [0.15, 0.2) is 116 Å². The third kappa shape index (κ3) is 2.62. The van der Waals surface area contributed by atoms with Crippen LogP contribution in [0.2, 0.25) is 0 Å². The molecule has 5 heteroatoms. The molecule has 0 bridgehead atoms. The predicted octanol–water partition coefficient (Wildman–Crippen LogP) is 7.22. The molecule has 8 rings (SSSR count). The van der Waals surface area contributed by atoms with Crippen molar-refractivity contribution in [1.29, 1.82) is 0 Å². The van der Waals surface area contributed by atoms with E-state index >= 15 is 0 Å². The van der Waals surface area contributed by atoms with Crippen LogP contribution in [-0.2, 0) is 0 Å². The smallest absolute Gasteiger partial charge is 0.138 e. The highest BCUT2D eigenvalue weighted by atomic mass is 15.1. The minimum Gasteiger partial charge on any atom is -0.308 e. The number of aromatic nitrogens is 5. The van der Waals surface area contributed by atoms with Gasteiger partial charge in [0.25, 0.3) is 0 Å². The van der Waals surface area contributed by atoms with Crippen molar-refractivity contribution in [2.24, 2.45) is 0 Å². The van der Waals surface area contributed by atoms with Gasteiger partial charge in [0.1, 0.15) is 16.9 Å². The Balaban J connectivity index is 1.55. The van der Waals surface area contributed by atoms with Crippen LogP contribution < -0.4 is 0 Å². The molecule has 0 unspecified atom stereocenters. The Bertz CT molecular complexity index is 2100. The fourth-order valence-corrected chi connectivity index (χ4v) is 5.39. The van der Waals surface area contributed by atoms with E-state index in [1.165, 1.54) is 0 Å². The number of benzene rings is 3. The summed E-state index contributed by atoms with van der Waals surface area (Å²) in [5.74, 6) is 0.852. The van der Waals surface area contributed by atoms with Crippen LogP contribution in [0.3, 0.4) is 0 Å². The molecule has 168 valence electrons. The molecule has 3 aromatic carbocycles. The Morgan fingerprint density at radius 3 is 2.17 bits per heavy atom. The second-order valence-corrected chi connectivity index (χ2v) is 9.01. The van der Waals surface area contributed by atoms with E-state index in [0.717, 1.165) is 66.3 Å². The largest absolute Gasteiger partial charge is 0.308 e. The van der Waals surface area contributed by atoms with Crippen molar-refractivity contribution >= 4 is 54.8 Å². The average molecular weight is 462 g/mol. The van der Waals surface area contributed by atoms with Crippen LogP contribution in [-0.4, -0.2) is 24.1 Å². The minimum absolute atomic E-state index is 0.852. The van der Waals surface area contributed by atoms with E-state index < -0.39 is 0 Å². The maximum absolute atomic E-state index is 5.26. The van der Waals surface area contributed by atoms with Gasteiger partial charge in [-0.1, -0.05) is 60.7 Å². The zero-order valence-corrected chi connectivity index (χ0v) is 19.2. The molecule has 0 N–H and O–H groups in total. The van der Waals surface area contributed by atoms with Crippen LogP contribution in [0.5, 0.6) is 0 Å². The first-order valence-electron chi connectivity index (χ1n) is 12.0. The third-order valence-electron chi connectivity index (χ3n) is 6.98. The first-order valence-corrected chi connectivity index (χ1v) is 12.0. The van der Waals surface area contributed by atoms with Crippen LogP contribution in [0.1, 0.15) is 0 Å². The van der Waals surface area contributed by atoms with Gasteiger partial charge in [-0.25, -0.2) is 9.97 Å². The average Bonchev–Trinajstić information content (AvgIpc) is 3.44. The summed E-state index contributed by atoms with van der Waals surface area (Å²) in [7, 11) is 0. The molecular formula is C31H19N5. The number of pyridine rings is 3. The van der Waals surface area contributed by atoms with Crippen LogP contribution in [0.25, 0.3) is 66.3 Å². The van der Waals surface area contributed by atoms with Crippen molar-refractivity contribution < 1.29 is 0 Å². The lowest BCUT2D eigenvalue weighted by molar-refractivity contribution is 1.09. The highest BCUT2D eigenvalue weighted by molar-refractivity contribution is 6.14. The van der Waals surface area contributed by atoms with Gasteiger partial charge < -0.3 is 4.57 Å². The monoisotopic (exact) mass is 461 g/mol. The topological polar surface area (TPSA) is 48.5 Å². The van der Waals surface area contributed by atoms with Crippen LogP contribution >= 0.6 is 0 Å². The van der Waals surface area contributed by atoms with Gasteiger partial charge in [-0.3, -0.25) is 9.55 Å². The number of hydrogen-bond donors (Lipinski definition) is 0. The van der Waals surface area contributed by atoms with Gasteiger partial charge in [-0.2, -0.15) is 0 Å². The summed E-state index contributed by atoms with van der Waals surface area (Å²) >= 11 is 0. The molecule has 0 saturated carbocycles. The molecule has 8 aromatic rings. The lowest BCUT2D eigenvalue weighted by atomic mass is 10.2. The van der Waals surface area contributed by atoms with Gasteiger partial charge >= 0.3 is 0 Å². The van der Waals surface area contributed by atoms with Crippen LogP contribution in [0, 0.1) is 0 Å². The quantitative estimate of drug-likeness (QED) is 0.273. The van der Waals surface area contributed by atoms with E-state index in [1.54, 1.807) is 0 Å². The van der Waals surface area contributed by atoms with Gasteiger partial charge in [-0.05, 0) is 47.9 Å². The van der Waals surface area contributed by atoms with E-state index in [0.29, 0.717) is 0 Å². The number of para-hydroxylation sites is 2. The second kappa shape index (κ2) is 7.23. The Kier molecular flexibility index (Phi) is 3.88. The number of fused-ring (bicyclic) bond motifs is 7. The molecule has 0 radical (unpaired) electrons. The molecule has 5 heterocycles. The molecule has 0 fully saturated rings. The summed E-state index contributed by atoms with van der Waals surface area (Å²) in [6.45, 7) is 0. The first kappa shape index (κ1) is 19.3. The molecule has 0 spiro atoms.